The molecule has 0 aromatic heterocycles. The van der Waals surface area contributed by atoms with Crippen molar-refractivity contribution < 1.29 is 5.11 Å². The summed E-state index contributed by atoms with van der Waals surface area (Å²) in [5, 5.41) is 11.8. The van der Waals surface area contributed by atoms with Gasteiger partial charge in [0.15, 0.2) is 5.96 Å². The van der Waals surface area contributed by atoms with Gasteiger partial charge in [0.05, 0.1) is 0 Å². The first-order valence-electron chi connectivity index (χ1n) is 5.16. The first kappa shape index (κ1) is 13.2. The fraction of sp³-hybridized carbons (Fsp3) is 0.900. The number of nitrogens with two attached hydrogens (primary N) is 1. The van der Waals surface area contributed by atoms with Crippen molar-refractivity contribution in [2.75, 3.05) is 19.7 Å². The van der Waals surface area contributed by atoms with Gasteiger partial charge >= 0.3 is 0 Å². The molecule has 0 unspecified atom stereocenters. The van der Waals surface area contributed by atoms with Crippen LogP contribution >= 0.6 is 0 Å². The van der Waals surface area contributed by atoms with Crippen molar-refractivity contribution in [3.63, 3.8) is 0 Å². The third kappa shape index (κ3) is 6.71. The molecule has 0 spiro atoms. The molecule has 4 heteroatoms. The lowest BCUT2D eigenvalue weighted by Gasteiger charge is -2.21. The highest BCUT2D eigenvalue weighted by molar-refractivity contribution is 5.77. The van der Waals surface area contributed by atoms with E-state index in [0.717, 1.165) is 19.4 Å². The Balaban J connectivity index is 3.87. The Morgan fingerprint density at radius 3 is 2.64 bits per heavy atom. The van der Waals surface area contributed by atoms with Crippen LogP contribution in [0.5, 0.6) is 0 Å². The zero-order valence-electron chi connectivity index (χ0n) is 9.51. The number of aliphatic hydroxyl groups is 1. The molecule has 0 radical (unpaired) electrons. The van der Waals surface area contributed by atoms with Crippen molar-refractivity contribution in [3.8, 4) is 0 Å². The maximum Gasteiger partial charge on any atom is 0.188 e. The minimum absolute atomic E-state index is 0.0211. The van der Waals surface area contributed by atoms with Gasteiger partial charge in [0.25, 0.3) is 0 Å². The van der Waals surface area contributed by atoms with Crippen LogP contribution in [0.25, 0.3) is 0 Å². The zero-order valence-corrected chi connectivity index (χ0v) is 9.51. The molecule has 0 saturated heterocycles. The topological polar surface area (TPSA) is 70.6 Å². The van der Waals surface area contributed by atoms with Crippen molar-refractivity contribution >= 4 is 5.96 Å². The number of hydrogen-bond donors (Lipinski definition) is 3. The van der Waals surface area contributed by atoms with E-state index in [4.69, 9.17) is 10.8 Å². The van der Waals surface area contributed by atoms with E-state index in [0.29, 0.717) is 12.5 Å². The summed E-state index contributed by atoms with van der Waals surface area (Å²) in [6.07, 6.45) is 1.79. The SMILES string of the molecule is CCCNC(N)=NCC(C)(C)CCO. The van der Waals surface area contributed by atoms with Crippen LogP contribution in [-0.2, 0) is 0 Å². The van der Waals surface area contributed by atoms with Crippen molar-refractivity contribution in [2.24, 2.45) is 16.1 Å². The molecular formula is C10H23N3O. The van der Waals surface area contributed by atoms with Gasteiger partial charge in [-0.3, -0.25) is 4.99 Å². The molecule has 0 saturated carbocycles. The van der Waals surface area contributed by atoms with Crippen LogP contribution in [-0.4, -0.2) is 30.8 Å². The fourth-order valence-corrected chi connectivity index (χ4v) is 0.990. The quantitative estimate of drug-likeness (QED) is 0.438. The molecule has 0 aliphatic rings. The van der Waals surface area contributed by atoms with Crippen molar-refractivity contribution in [3.05, 3.63) is 0 Å². The van der Waals surface area contributed by atoms with E-state index >= 15 is 0 Å². The molecule has 0 aromatic carbocycles. The Bertz CT molecular complexity index is 178. The summed E-state index contributed by atoms with van der Waals surface area (Å²) < 4.78 is 0. The number of rotatable bonds is 6. The first-order valence-corrected chi connectivity index (χ1v) is 5.16. The summed E-state index contributed by atoms with van der Waals surface area (Å²) >= 11 is 0. The highest BCUT2D eigenvalue weighted by Crippen LogP contribution is 2.19. The van der Waals surface area contributed by atoms with Crippen molar-refractivity contribution in [1.29, 1.82) is 0 Å². The lowest BCUT2D eigenvalue weighted by molar-refractivity contribution is 0.217. The number of aliphatic hydroxyl groups excluding tert-OH is 1. The van der Waals surface area contributed by atoms with E-state index < -0.39 is 0 Å². The smallest absolute Gasteiger partial charge is 0.188 e. The first-order chi connectivity index (χ1) is 6.52. The molecule has 14 heavy (non-hydrogen) atoms. The average molecular weight is 201 g/mol. The van der Waals surface area contributed by atoms with E-state index in [1.165, 1.54) is 0 Å². The highest BCUT2D eigenvalue weighted by atomic mass is 16.3. The molecule has 0 aliphatic carbocycles. The van der Waals surface area contributed by atoms with Gasteiger partial charge in [-0.25, -0.2) is 0 Å². The second kappa shape index (κ2) is 6.65. The summed E-state index contributed by atoms with van der Waals surface area (Å²) in [6.45, 7) is 7.92. The second-order valence-corrected chi connectivity index (χ2v) is 4.27. The minimum atomic E-state index is 0.0211. The van der Waals surface area contributed by atoms with Crippen LogP contribution < -0.4 is 11.1 Å². The maximum absolute atomic E-state index is 8.81. The lowest BCUT2D eigenvalue weighted by Crippen LogP contribution is -2.33. The molecule has 4 N–H and O–H groups in total. The lowest BCUT2D eigenvalue weighted by atomic mass is 9.90. The summed E-state index contributed by atoms with van der Waals surface area (Å²) in [4.78, 5) is 4.22. The van der Waals surface area contributed by atoms with Crippen LogP contribution in [0.2, 0.25) is 0 Å². The molecule has 0 heterocycles. The molecule has 0 aromatic rings. The largest absolute Gasteiger partial charge is 0.396 e. The molecule has 0 fully saturated rings. The standard InChI is InChI=1S/C10H23N3O/c1-4-6-12-9(11)13-8-10(2,3)5-7-14/h14H,4-8H2,1-3H3,(H3,11,12,13). The van der Waals surface area contributed by atoms with Gasteiger partial charge in [0.2, 0.25) is 0 Å². The number of aliphatic imine (C=N–C) groups is 1. The van der Waals surface area contributed by atoms with Crippen LogP contribution in [0.4, 0.5) is 0 Å². The molecule has 0 rings (SSSR count). The minimum Gasteiger partial charge on any atom is -0.396 e. The van der Waals surface area contributed by atoms with Gasteiger partial charge in [0.1, 0.15) is 0 Å². The molecule has 0 amide bonds. The molecule has 0 bridgehead atoms. The molecule has 0 atom stereocenters. The van der Waals surface area contributed by atoms with Gasteiger partial charge < -0.3 is 16.2 Å². The van der Waals surface area contributed by atoms with Crippen LogP contribution in [0, 0.1) is 5.41 Å². The number of guanidine groups is 1. The highest BCUT2D eigenvalue weighted by Gasteiger charge is 2.16. The number of hydrogen-bond acceptors (Lipinski definition) is 2. The van der Waals surface area contributed by atoms with Gasteiger partial charge in [0, 0.05) is 19.7 Å². The molecule has 84 valence electrons. The number of nitrogens with one attached hydrogen (secondary N) is 1. The monoisotopic (exact) mass is 201 g/mol. The van der Waals surface area contributed by atoms with Crippen molar-refractivity contribution in [2.45, 2.75) is 33.6 Å². The Labute approximate surface area is 86.6 Å². The van der Waals surface area contributed by atoms with Crippen LogP contribution in [0.15, 0.2) is 4.99 Å². The van der Waals surface area contributed by atoms with Gasteiger partial charge in [-0.15, -0.1) is 0 Å². The summed E-state index contributed by atoms with van der Waals surface area (Å²) in [6, 6.07) is 0. The van der Waals surface area contributed by atoms with E-state index in [1.54, 1.807) is 0 Å². The van der Waals surface area contributed by atoms with Crippen LogP contribution in [0.1, 0.15) is 33.6 Å². The van der Waals surface area contributed by atoms with Gasteiger partial charge in [-0.2, -0.15) is 0 Å². The fourth-order valence-electron chi connectivity index (χ4n) is 0.990. The molecule has 0 aliphatic heterocycles. The average Bonchev–Trinajstić information content (AvgIpc) is 2.11. The normalized spacial score (nSPS) is 13.0. The Hall–Kier alpha value is -0.770. The van der Waals surface area contributed by atoms with E-state index in [-0.39, 0.29) is 12.0 Å². The van der Waals surface area contributed by atoms with E-state index in [1.807, 2.05) is 0 Å². The Morgan fingerprint density at radius 1 is 1.50 bits per heavy atom. The summed E-state index contributed by atoms with van der Waals surface area (Å²) in [7, 11) is 0. The number of nitrogens with zero attached hydrogens (tertiary/aromatic N) is 1. The third-order valence-electron chi connectivity index (χ3n) is 2.02. The van der Waals surface area contributed by atoms with Gasteiger partial charge in [-0.1, -0.05) is 20.8 Å². The van der Waals surface area contributed by atoms with Crippen molar-refractivity contribution in [1.82, 2.24) is 5.32 Å². The summed E-state index contributed by atoms with van der Waals surface area (Å²) in [5.74, 6) is 0.498. The second-order valence-electron chi connectivity index (χ2n) is 4.27. The third-order valence-corrected chi connectivity index (χ3v) is 2.02. The van der Waals surface area contributed by atoms with Crippen LogP contribution in [0.3, 0.4) is 0 Å². The maximum atomic E-state index is 8.81. The molecule has 4 nitrogen and oxygen atoms in total. The Morgan fingerprint density at radius 2 is 2.14 bits per heavy atom. The predicted octanol–water partition coefficient (Wildman–Crippen LogP) is 0.709. The van der Waals surface area contributed by atoms with E-state index in [2.05, 4.69) is 31.1 Å². The predicted molar refractivity (Wildman–Crippen MR) is 60.3 cm³/mol. The molecular weight excluding hydrogens is 178 g/mol. The summed E-state index contributed by atoms with van der Waals surface area (Å²) in [5.41, 5.74) is 5.66. The van der Waals surface area contributed by atoms with Gasteiger partial charge in [-0.05, 0) is 18.3 Å². The Kier molecular flexibility index (Phi) is 6.28. The van der Waals surface area contributed by atoms with E-state index in [9.17, 15) is 0 Å². The zero-order chi connectivity index (χ0) is 11.0.